The van der Waals surface area contributed by atoms with Gasteiger partial charge in [-0.2, -0.15) is 0 Å². The summed E-state index contributed by atoms with van der Waals surface area (Å²) >= 11 is 0. The van der Waals surface area contributed by atoms with E-state index in [-0.39, 0.29) is 37.7 Å². The molecule has 244 valence electrons. The van der Waals surface area contributed by atoms with Gasteiger partial charge in [0.15, 0.2) is 11.5 Å². The largest absolute Gasteiger partial charge is 0.513 e. The summed E-state index contributed by atoms with van der Waals surface area (Å²) in [6.45, 7) is 9.87. The molecule has 0 radical (unpaired) electrons. The van der Waals surface area contributed by atoms with E-state index in [1.54, 1.807) is 19.9 Å². The first-order chi connectivity index (χ1) is 20.6. The van der Waals surface area contributed by atoms with E-state index < -0.39 is 42.7 Å². The fourth-order valence-electron chi connectivity index (χ4n) is 3.59. The maximum absolute atomic E-state index is 12.7. The van der Waals surface area contributed by atoms with Gasteiger partial charge in [-0.05, 0) is 57.2 Å². The monoisotopic (exact) mass is 611 g/mol. The minimum Gasteiger partial charge on any atom is -0.458 e. The van der Waals surface area contributed by atoms with Gasteiger partial charge in [-0.1, -0.05) is 65.4 Å². The second-order valence-corrected chi connectivity index (χ2v) is 10.2. The van der Waals surface area contributed by atoms with Crippen molar-refractivity contribution in [3.8, 4) is 11.5 Å². The third kappa shape index (κ3) is 16.6. The number of carbonyl (C=O) groups excluding carboxylic acids is 4. The molecule has 12 nitrogen and oxygen atoms in total. The van der Waals surface area contributed by atoms with Crippen molar-refractivity contribution in [2.24, 2.45) is 5.73 Å². The van der Waals surface area contributed by atoms with Crippen LogP contribution in [0.2, 0.25) is 0 Å². The van der Waals surface area contributed by atoms with Crippen molar-refractivity contribution in [2.75, 3.05) is 19.8 Å². The number of benzene rings is 1. The van der Waals surface area contributed by atoms with Crippen molar-refractivity contribution >= 4 is 24.4 Å². The van der Waals surface area contributed by atoms with Gasteiger partial charge in [-0.3, -0.25) is 4.79 Å². The molecule has 1 aromatic rings. The molecular weight excluding hydrogens is 562 g/mol. The van der Waals surface area contributed by atoms with E-state index in [4.69, 9.17) is 38.9 Å². The van der Waals surface area contributed by atoms with Crippen LogP contribution in [0.3, 0.4) is 0 Å². The first-order valence-corrected chi connectivity index (χ1v) is 15.2. The van der Waals surface area contributed by atoms with Crippen LogP contribution in [0.4, 0.5) is 14.4 Å². The van der Waals surface area contributed by atoms with Crippen molar-refractivity contribution in [3.05, 3.63) is 23.8 Å². The lowest BCUT2D eigenvalue weighted by atomic mass is 10.1. The predicted octanol–water partition coefficient (Wildman–Crippen LogP) is 6.63. The van der Waals surface area contributed by atoms with Crippen LogP contribution in [0.25, 0.3) is 0 Å². The Morgan fingerprint density at radius 2 is 1.12 bits per heavy atom. The van der Waals surface area contributed by atoms with Gasteiger partial charge >= 0.3 is 24.4 Å². The van der Waals surface area contributed by atoms with Crippen LogP contribution in [0, 0.1) is 0 Å². The van der Waals surface area contributed by atoms with Gasteiger partial charge in [-0.25, -0.2) is 14.4 Å². The van der Waals surface area contributed by atoms with E-state index in [1.165, 1.54) is 12.1 Å². The Kier molecular flexibility index (Phi) is 19.2. The highest BCUT2D eigenvalue weighted by Crippen LogP contribution is 2.30. The van der Waals surface area contributed by atoms with Crippen LogP contribution < -0.4 is 15.2 Å². The SMILES string of the molecule is CCCCCOC(=O)Oc1ccc(C[C@H](N)C(=O)O[C@@H](C)[C@H](C)OC(=O)OCCCCC)cc1OC(=O)OCCCCC. The Labute approximate surface area is 254 Å². The van der Waals surface area contributed by atoms with Crippen molar-refractivity contribution in [1.82, 2.24) is 0 Å². The zero-order valence-corrected chi connectivity index (χ0v) is 26.2. The number of esters is 1. The Morgan fingerprint density at radius 3 is 1.63 bits per heavy atom. The number of hydrogen-bond acceptors (Lipinski definition) is 12. The zero-order valence-electron chi connectivity index (χ0n) is 26.2. The van der Waals surface area contributed by atoms with Crippen LogP contribution in [-0.4, -0.2) is 62.5 Å². The highest BCUT2D eigenvalue weighted by Gasteiger charge is 2.25. The fraction of sp³-hybridized carbons (Fsp3) is 0.677. The van der Waals surface area contributed by atoms with E-state index in [0.717, 1.165) is 44.9 Å². The topological polar surface area (TPSA) is 159 Å². The average molecular weight is 612 g/mol. The molecule has 0 saturated carbocycles. The molecule has 0 unspecified atom stereocenters. The molecule has 0 heterocycles. The van der Waals surface area contributed by atoms with E-state index in [9.17, 15) is 19.2 Å². The molecule has 43 heavy (non-hydrogen) atoms. The van der Waals surface area contributed by atoms with Gasteiger partial charge in [0.25, 0.3) is 0 Å². The van der Waals surface area contributed by atoms with Gasteiger partial charge in [-0.15, -0.1) is 0 Å². The second kappa shape index (κ2) is 22.1. The van der Waals surface area contributed by atoms with Crippen molar-refractivity contribution < 1.29 is 52.3 Å². The standard InChI is InChI=1S/C31H49NO11/c1-6-9-12-17-37-29(34)41-23(5)22(4)40-28(33)25(32)20-24-15-16-26(42-30(35)38-18-13-10-7-2)27(21-24)43-31(36)39-19-14-11-8-3/h15-16,21-23,25H,6-14,17-20,32H2,1-5H3/t22-,23-,25-/m0/s1. The molecule has 0 aliphatic heterocycles. The molecule has 0 aliphatic rings. The molecule has 3 atom stereocenters. The lowest BCUT2D eigenvalue weighted by Crippen LogP contribution is -2.39. The van der Waals surface area contributed by atoms with E-state index >= 15 is 0 Å². The molecule has 1 rings (SSSR count). The lowest BCUT2D eigenvalue weighted by molar-refractivity contribution is -0.155. The molecule has 1 aromatic carbocycles. The third-order valence-electron chi connectivity index (χ3n) is 6.30. The van der Waals surface area contributed by atoms with Gasteiger partial charge in [0.1, 0.15) is 18.2 Å². The first-order valence-electron chi connectivity index (χ1n) is 15.2. The number of rotatable bonds is 20. The van der Waals surface area contributed by atoms with Gasteiger partial charge in [0.2, 0.25) is 0 Å². The molecule has 0 fully saturated rings. The summed E-state index contributed by atoms with van der Waals surface area (Å²) in [7, 11) is 0. The quantitative estimate of drug-likeness (QED) is 0.0726. The molecule has 0 aromatic heterocycles. The molecule has 0 aliphatic carbocycles. The van der Waals surface area contributed by atoms with E-state index in [0.29, 0.717) is 18.4 Å². The van der Waals surface area contributed by atoms with Crippen molar-refractivity contribution in [3.63, 3.8) is 0 Å². The number of unbranched alkanes of at least 4 members (excludes halogenated alkanes) is 6. The van der Waals surface area contributed by atoms with Crippen LogP contribution in [0.15, 0.2) is 18.2 Å². The normalized spacial score (nSPS) is 12.8. The van der Waals surface area contributed by atoms with E-state index in [2.05, 4.69) is 0 Å². The molecule has 2 N–H and O–H groups in total. The smallest absolute Gasteiger partial charge is 0.458 e. The number of nitrogens with two attached hydrogens (primary N) is 1. The Hall–Kier alpha value is -3.54. The van der Waals surface area contributed by atoms with Crippen LogP contribution in [0.5, 0.6) is 11.5 Å². The fourth-order valence-corrected chi connectivity index (χ4v) is 3.59. The Bertz CT molecular complexity index is 984. The summed E-state index contributed by atoms with van der Waals surface area (Å²) < 4.78 is 36.3. The lowest BCUT2D eigenvalue weighted by Gasteiger charge is -2.22. The maximum atomic E-state index is 12.7. The molecule has 0 bridgehead atoms. The highest BCUT2D eigenvalue weighted by molar-refractivity contribution is 5.76. The third-order valence-corrected chi connectivity index (χ3v) is 6.30. The van der Waals surface area contributed by atoms with Crippen molar-refractivity contribution in [1.29, 1.82) is 0 Å². The minimum atomic E-state index is -1.10. The molecule has 0 spiro atoms. The van der Waals surface area contributed by atoms with Gasteiger partial charge in [0.05, 0.1) is 19.8 Å². The van der Waals surface area contributed by atoms with Crippen LogP contribution >= 0.6 is 0 Å². The summed E-state index contributed by atoms with van der Waals surface area (Å²) in [6.07, 6.45) is 3.46. The molecular formula is C31H49NO11. The average Bonchev–Trinajstić information content (AvgIpc) is 2.97. The minimum absolute atomic E-state index is 0.00388. The Balaban J connectivity index is 2.82. The number of carbonyl (C=O) groups is 4. The second-order valence-electron chi connectivity index (χ2n) is 10.2. The molecule has 0 amide bonds. The Morgan fingerprint density at radius 1 is 0.651 bits per heavy atom. The first kappa shape index (κ1) is 37.5. The summed E-state index contributed by atoms with van der Waals surface area (Å²) in [4.78, 5) is 49.0. The zero-order chi connectivity index (χ0) is 32.0. The van der Waals surface area contributed by atoms with Gasteiger partial charge < -0.3 is 38.9 Å². The van der Waals surface area contributed by atoms with Crippen molar-refractivity contribution in [2.45, 2.75) is 117 Å². The number of ether oxygens (including phenoxy) is 7. The summed E-state index contributed by atoms with van der Waals surface area (Å²) in [5.74, 6) is -0.892. The van der Waals surface area contributed by atoms with E-state index in [1.807, 2.05) is 20.8 Å². The number of hydrogen-bond donors (Lipinski definition) is 1. The van der Waals surface area contributed by atoms with Gasteiger partial charge in [0, 0.05) is 0 Å². The molecule has 12 heteroatoms. The molecule has 0 saturated heterocycles. The summed E-state index contributed by atoms with van der Waals surface area (Å²) in [5, 5.41) is 0. The summed E-state index contributed by atoms with van der Waals surface area (Å²) in [5.41, 5.74) is 6.59. The maximum Gasteiger partial charge on any atom is 0.513 e. The van der Waals surface area contributed by atoms with Crippen LogP contribution in [-0.2, 0) is 34.9 Å². The summed E-state index contributed by atoms with van der Waals surface area (Å²) in [6, 6.07) is 3.30. The predicted molar refractivity (Wildman–Crippen MR) is 158 cm³/mol. The highest BCUT2D eigenvalue weighted by atomic mass is 16.7. The van der Waals surface area contributed by atoms with Crippen LogP contribution in [0.1, 0.15) is 98.0 Å².